The van der Waals surface area contributed by atoms with Crippen LogP contribution in [0.3, 0.4) is 0 Å². The fourth-order valence-corrected chi connectivity index (χ4v) is 4.13. The van der Waals surface area contributed by atoms with Crippen LogP contribution < -0.4 is 14.8 Å². The summed E-state index contributed by atoms with van der Waals surface area (Å²) in [5.74, 6) is 0.121. The molecule has 0 saturated carbocycles. The van der Waals surface area contributed by atoms with Crippen molar-refractivity contribution < 1.29 is 17.9 Å². The van der Waals surface area contributed by atoms with E-state index in [0.717, 1.165) is 0 Å². The Labute approximate surface area is 168 Å². The third-order valence-corrected chi connectivity index (χ3v) is 5.74. The van der Waals surface area contributed by atoms with E-state index >= 15 is 0 Å². The number of amides is 1. The van der Waals surface area contributed by atoms with Gasteiger partial charge < -0.3 is 10.1 Å². The summed E-state index contributed by atoms with van der Waals surface area (Å²) >= 11 is 6.00. The molecule has 0 atom stereocenters. The van der Waals surface area contributed by atoms with E-state index in [0.29, 0.717) is 11.4 Å². The number of para-hydroxylation sites is 1. The average Bonchev–Trinajstić information content (AvgIpc) is 2.68. The number of methoxy groups -OCH3 is 1. The van der Waals surface area contributed by atoms with Gasteiger partial charge in [-0.1, -0.05) is 41.9 Å². The maximum Gasteiger partial charge on any atom is 0.263 e. The highest BCUT2D eigenvalue weighted by Crippen LogP contribution is 2.26. The summed E-state index contributed by atoms with van der Waals surface area (Å²) in [6.07, 6.45) is 0. The first-order valence-electron chi connectivity index (χ1n) is 8.22. The Hall–Kier alpha value is -3.03. The van der Waals surface area contributed by atoms with Crippen LogP contribution in [0, 0.1) is 0 Å². The normalized spacial score (nSPS) is 10.9. The number of hydrogen-bond donors (Lipinski definition) is 2. The third-order valence-electron chi connectivity index (χ3n) is 3.87. The van der Waals surface area contributed by atoms with Gasteiger partial charge in [0, 0.05) is 11.8 Å². The summed E-state index contributed by atoms with van der Waals surface area (Å²) in [6, 6.07) is 19.3. The van der Waals surface area contributed by atoms with Gasteiger partial charge in [-0.25, -0.2) is 8.42 Å². The molecule has 0 bridgehead atoms. The molecule has 0 aliphatic carbocycles. The van der Waals surface area contributed by atoms with E-state index in [2.05, 4.69) is 10.0 Å². The molecule has 0 saturated heterocycles. The summed E-state index contributed by atoms with van der Waals surface area (Å²) in [6.45, 7) is 0. The number of nitrogens with one attached hydrogen (secondary N) is 2. The minimum Gasteiger partial charge on any atom is -0.497 e. The summed E-state index contributed by atoms with van der Waals surface area (Å²) in [5, 5.41) is 2.82. The second kappa shape index (κ2) is 8.33. The molecular formula is C20H17ClN2O4S. The van der Waals surface area contributed by atoms with Crippen LogP contribution in [0.15, 0.2) is 77.7 Å². The van der Waals surface area contributed by atoms with Gasteiger partial charge in [-0.15, -0.1) is 0 Å². The largest absolute Gasteiger partial charge is 0.497 e. The smallest absolute Gasteiger partial charge is 0.263 e. The highest BCUT2D eigenvalue weighted by molar-refractivity contribution is 7.92. The molecule has 144 valence electrons. The maximum absolute atomic E-state index is 12.7. The van der Waals surface area contributed by atoms with Crippen LogP contribution in [-0.2, 0) is 10.0 Å². The first kappa shape index (κ1) is 19.7. The fourth-order valence-electron chi connectivity index (χ4n) is 2.53. The van der Waals surface area contributed by atoms with Gasteiger partial charge in [0.05, 0.1) is 23.4 Å². The van der Waals surface area contributed by atoms with Crippen molar-refractivity contribution in [3.63, 3.8) is 0 Å². The molecular weight excluding hydrogens is 400 g/mol. The quantitative estimate of drug-likeness (QED) is 0.623. The number of benzene rings is 3. The van der Waals surface area contributed by atoms with Gasteiger partial charge in [-0.05, 0) is 36.4 Å². The molecule has 0 heterocycles. The zero-order valence-electron chi connectivity index (χ0n) is 14.8. The predicted molar refractivity (Wildman–Crippen MR) is 110 cm³/mol. The molecule has 8 heteroatoms. The fraction of sp³-hybridized carbons (Fsp3) is 0.0500. The molecule has 0 fully saturated rings. The molecule has 3 rings (SSSR count). The van der Waals surface area contributed by atoms with Crippen molar-refractivity contribution in [3.05, 3.63) is 83.4 Å². The molecule has 0 radical (unpaired) electrons. The molecule has 28 heavy (non-hydrogen) atoms. The van der Waals surface area contributed by atoms with Crippen molar-refractivity contribution in [1.82, 2.24) is 0 Å². The molecule has 3 aromatic carbocycles. The first-order chi connectivity index (χ1) is 13.4. The van der Waals surface area contributed by atoms with E-state index in [-0.39, 0.29) is 21.2 Å². The third kappa shape index (κ3) is 4.44. The average molecular weight is 417 g/mol. The number of hydrogen-bond acceptors (Lipinski definition) is 4. The van der Waals surface area contributed by atoms with Crippen molar-refractivity contribution in [3.8, 4) is 5.75 Å². The summed E-state index contributed by atoms with van der Waals surface area (Å²) in [7, 11) is -2.44. The van der Waals surface area contributed by atoms with E-state index in [4.69, 9.17) is 16.3 Å². The minimum atomic E-state index is -3.97. The van der Waals surface area contributed by atoms with Gasteiger partial charge >= 0.3 is 0 Å². The number of carbonyl (C=O) groups is 1. The summed E-state index contributed by atoms with van der Waals surface area (Å²) in [4.78, 5) is 12.6. The van der Waals surface area contributed by atoms with Crippen molar-refractivity contribution in [1.29, 1.82) is 0 Å². The number of rotatable bonds is 6. The Morgan fingerprint density at radius 1 is 0.964 bits per heavy atom. The number of halogens is 1. The number of ether oxygens (including phenoxy) is 1. The lowest BCUT2D eigenvalue weighted by atomic mass is 10.1. The molecule has 6 nitrogen and oxygen atoms in total. The lowest BCUT2D eigenvalue weighted by Crippen LogP contribution is -2.18. The van der Waals surface area contributed by atoms with Crippen LogP contribution in [0.25, 0.3) is 0 Å². The van der Waals surface area contributed by atoms with Gasteiger partial charge in [0.1, 0.15) is 10.6 Å². The number of anilines is 2. The molecule has 2 N–H and O–H groups in total. The van der Waals surface area contributed by atoms with Gasteiger partial charge in [-0.2, -0.15) is 0 Å². The van der Waals surface area contributed by atoms with Crippen LogP contribution >= 0.6 is 11.6 Å². The second-order valence-electron chi connectivity index (χ2n) is 5.77. The Balaban J connectivity index is 1.89. The van der Waals surface area contributed by atoms with E-state index in [1.165, 1.54) is 31.4 Å². The molecule has 0 spiro atoms. The van der Waals surface area contributed by atoms with Crippen LogP contribution in [0.5, 0.6) is 5.75 Å². The van der Waals surface area contributed by atoms with Crippen LogP contribution in [-0.4, -0.2) is 21.4 Å². The number of sulfonamides is 1. The second-order valence-corrected chi connectivity index (χ2v) is 7.83. The first-order valence-corrected chi connectivity index (χ1v) is 10.1. The molecule has 0 aliphatic heterocycles. The lowest BCUT2D eigenvalue weighted by Gasteiger charge is -2.13. The van der Waals surface area contributed by atoms with Gasteiger partial charge in [0.15, 0.2) is 0 Å². The minimum absolute atomic E-state index is 0.0697. The Morgan fingerprint density at radius 3 is 2.43 bits per heavy atom. The SMILES string of the molecule is COc1cccc(NC(=O)c2ccccc2NS(=O)(=O)c2ccccc2Cl)c1. The highest BCUT2D eigenvalue weighted by atomic mass is 35.5. The van der Waals surface area contributed by atoms with Crippen molar-refractivity contribution in [2.24, 2.45) is 0 Å². The van der Waals surface area contributed by atoms with Gasteiger partial charge in [-0.3, -0.25) is 9.52 Å². The molecule has 0 aromatic heterocycles. The summed E-state index contributed by atoms with van der Waals surface area (Å²) in [5.41, 5.74) is 0.830. The summed E-state index contributed by atoms with van der Waals surface area (Å²) < 4.78 is 33.0. The van der Waals surface area contributed by atoms with E-state index in [1.54, 1.807) is 48.5 Å². The van der Waals surface area contributed by atoms with Gasteiger partial charge in [0.25, 0.3) is 15.9 Å². The molecule has 1 amide bonds. The highest BCUT2D eigenvalue weighted by Gasteiger charge is 2.20. The lowest BCUT2D eigenvalue weighted by molar-refractivity contribution is 0.102. The van der Waals surface area contributed by atoms with Gasteiger partial charge in [0.2, 0.25) is 0 Å². The predicted octanol–water partition coefficient (Wildman–Crippen LogP) is 4.40. The van der Waals surface area contributed by atoms with Crippen molar-refractivity contribution in [2.75, 3.05) is 17.1 Å². The molecule has 3 aromatic rings. The Bertz CT molecular complexity index is 1120. The molecule has 0 aliphatic rings. The van der Waals surface area contributed by atoms with Crippen molar-refractivity contribution >= 4 is 38.9 Å². The maximum atomic E-state index is 12.7. The van der Waals surface area contributed by atoms with Crippen molar-refractivity contribution in [2.45, 2.75) is 4.90 Å². The molecule has 0 unspecified atom stereocenters. The zero-order chi connectivity index (χ0) is 20.1. The number of carbonyl (C=O) groups excluding carboxylic acids is 1. The zero-order valence-corrected chi connectivity index (χ0v) is 16.4. The van der Waals surface area contributed by atoms with E-state index < -0.39 is 15.9 Å². The van der Waals surface area contributed by atoms with Crippen LogP contribution in [0.2, 0.25) is 5.02 Å². The monoisotopic (exact) mass is 416 g/mol. The van der Waals surface area contributed by atoms with E-state index in [9.17, 15) is 13.2 Å². The van der Waals surface area contributed by atoms with E-state index in [1.807, 2.05) is 0 Å². The topological polar surface area (TPSA) is 84.5 Å². The Morgan fingerprint density at radius 2 is 1.68 bits per heavy atom. The standard InChI is InChI=1S/C20H17ClN2O4S/c1-27-15-8-6-7-14(13-15)22-20(24)16-9-2-4-11-18(16)23-28(25,26)19-12-5-3-10-17(19)21/h2-13,23H,1H3,(H,22,24). The Kier molecular flexibility index (Phi) is 5.87. The van der Waals surface area contributed by atoms with Crippen LogP contribution in [0.1, 0.15) is 10.4 Å². The van der Waals surface area contributed by atoms with Crippen LogP contribution in [0.4, 0.5) is 11.4 Å².